The Labute approximate surface area is 199 Å². The van der Waals surface area contributed by atoms with Gasteiger partial charge in [0.2, 0.25) is 0 Å². The van der Waals surface area contributed by atoms with Crippen LogP contribution in [0.15, 0.2) is 59.7 Å². The number of ether oxygens (including phenoxy) is 2. The molecule has 3 rings (SSSR count). The summed E-state index contributed by atoms with van der Waals surface area (Å²) in [6, 6.07) is 16.1. The van der Waals surface area contributed by atoms with Gasteiger partial charge in [-0.1, -0.05) is 63.8 Å². The van der Waals surface area contributed by atoms with Crippen molar-refractivity contribution < 1.29 is 14.3 Å². The summed E-state index contributed by atoms with van der Waals surface area (Å²) in [7, 11) is 0. The Balaban J connectivity index is 1.59. The van der Waals surface area contributed by atoms with Gasteiger partial charge in [0.25, 0.3) is 0 Å². The highest BCUT2D eigenvalue weighted by Gasteiger charge is 2.20. The van der Waals surface area contributed by atoms with E-state index in [2.05, 4.69) is 13.8 Å². The lowest BCUT2D eigenvalue weighted by Gasteiger charge is -2.17. The van der Waals surface area contributed by atoms with Gasteiger partial charge in [-0.3, -0.25) is 4.79 Å². The Morgan fingerprint density at radius 2 is 1.09 bits per heavy atom. The molecule has 176 valence electrons. The van der Waals surface area contributed by atoms with Crippen molar-refractivity contribution in [2.75, 3.05) is 13.2 Å². The van der Waals surface area contributed by atoms with Gasteiger partial charge in [-0.25, -0.2) is 0 Å². The fourth-order valence-corrected chi connectivity index (χ4v) is 3.99. The van der Waals surface area contributed by atoms with Crippen LogP contribution in [0.25, 0.3) is 12.2 Å². The largest absolute Gasteiger partial charge is 0.494 e. The fourth-order valence-electron chi connectivity index (χ4n) is 3.99. The number of hydrogen-bond acceptors (Lipinski definition) is 3. The molecule has 0 spiro atoms. The molecule has 0 N–H and O–H groups in total. The zero-order valence-corrected chi connectivity index (χ0v) is 20.3. The molecule has 1 aliphatic rings. The van der Waals surface area contributed by atoms with Gasteiger partial charge < -0.3 is 9.47 Å². The van der Waals surface area contributed by atoms with E-state index in [-0.39, 0.29) is 5.78 Å². The van der Waals surface area contributed by atoms with Crippen molar-refractivity contribution in [2.24, 2.45) is 0 Å². The summed E-state index contributed by atoms with van der Waals surface area (Å²) in [5.41, 5.74) is 3.87. The van der Waals surface area contributed by atoms with Crippen molar-refractivity contribution in [3.05, 3.63) is 70.8 Å². The summed E-state index contributed by atoms with van der Waals surface area (Å²) in [5, 5.41) is 0. The predicted molar refractivity (Wildman–Crippen MR) is 138 cm³/mol. The molecule has 0 saturated heterocycles. The summed E-state index contributed by atoms with van der Waals surface area (Å²) < 4.78 is 11.6. The average Bonchev–Trinajstić information content (AvgIpc) is 2.84. The van der Waals surface area contributed by atoms with E-state index in [1.54, 1.807) is 0 Å². The standard InChI is InChI=1S/C30H38O3/c1-3-5-7-20-32-28-16-12-24(13-17-28)22-26-10-9-11-27(30(26)31)23-25-14-18-29(19-15-25)33-21-8-6-4-2/h12-19,22-23H,3-11,20-21H2,1-2H3/b26-22+,27-23+. The van der Waals surface area contributed by atoms with Crippen LogP contribution >= 0.6 is 0 Å². The molecule has 2 aromatic rings. The number of ketones is 1. The molecule has 0 amide bonds. The van der Waals surface area contributed by atoms with Crippen LogP contribution in [0.5, 0.6) is 11.5 Å². The topological polar surface area (TPSA) is 35.5 Å². The van der Waals surface area contributed by atoms with Crippen LogP contribution in [-0.2, 0) is 4.79 Å². The molecule has 0 unspecified atom stereocenters. The lowest BCUT2D eigenvalue weighted by Crippen LogP contribution is -2.12. The number of Topliss-reactive ketones (excluding diaryl/α,β-unsaturated/α-hetero) is 1. The number of carbonyl (C=O) groups is 1. The van der Waals surface area contributed by atoms with Crippen molar-refractivity contribution >= 4 is 17.9 Å². The van der Waals surface area contributed by atoms with Crippen molar-refractivity contribution in [3.63, 3.8) is 0 Å². The molecule has 33 heavy (non-hydrogen) atoms. The highest BCUT2D eigenvalue weighted by atomic mass is 16.5. The summed E-state index contributed by atoms with van der Waals surface area (Å²) >= 11 is 0. The minimum absolute atomic E-state index is 0.168. The molecule has 3 nitrogen and oxygen atoms in total. The third-order valence-corrected chi connectivity index (χ3v) is 5.95. The van der Waals surface area contributed by atoms with Crippen molar-refractivity contribution in [1.29, 1.82) is 0 Å². The van der Waals surface area contributed by atoms with E-state index in [0.717, 1.165) is 79.1 Å². The maximum atomic E-state index is 13.1. The van der Waals surface area contributed by atoms with E-state index in [0.29, 0.717) is 0 Å². The SMILES string of the molecule is CCCCCOc1ccc(/C=C2\CCC/C(=C\c3ccc(OCCCCC)cc3)C2=O)cc1. The van der Waals surface area contributed by atoms with E-state index >= 15 is 0 Å². The number of carbonyl (C=O) groups excluding carboxylic acids is 1. The minimum Gasteiger partial charge on any atom is -0.494 e. The van der Waals surface area contributed by atoms with Gasteiger partial charge >= 0.3 is 0 Å². The van der Waals surface area contributed by atoms with Gasteiger partial charge in [0.05, 0.1) is 13.2 Å². The van der Waals surface area contributed by atoms with Gasteiger partial charge in [-0.2, -0.15) is 0 Å². The van der Waals surface area contributed by atoms with Gasteiger partial charge in [0, 0.05) is 11.1 Å². The Bertz CT molecular complexity index is 845. The van der Waals surface area contributed by atoms with E-state index in [1.165, 1.54) is 25.7 Å². The van der Waals surface area contributed by atoms with Crippen LogP contribution in [0, 0.1) is 0 Å². The molecular weight excluding hydrogens is 408 g/mol. The Morgan fingerprint density at radius 1 is 0.667 bits per heavy atom. The lowest BCUT2D eigenvalue weighted by atomic mass is 9.87. The maximum absolute atomic E-state index is 13.1. The van der Waals surface area contributed by atoms with Crippen molar-refractivity contribution in [1.82, 2.24) is 0 Å². The highest BCUT2D eigenvalue weighted by molar-refractivity contribution is 6.13. The summed E-state index contributed by atoms with van der Waals surface area (Å²) in [6.07, 6.45) is 13.7. The third kappa shape index (κ3) is 8.24. The Morgan fingerprint density at radius 3 is 1.48 bits per heavy atom. The van der Waals surface area contributed by atoms with E-state index in [9.17, 15) is 4.79 Å². The molecule has 0 aromatic heterocycles. The second-order valence-electron chi connectivity index (χ2n) is 8.77. The number of unbranched alkanes of at least 4 members (excludes halogenated alkanes) is 4. The quantitative estimate of drug-likeness (QED) is 0.244. The van der Waals surface area contributed by atoms with Gasteiger partial charge in [-0.05, 0) is 79.6 Å². The van der Waals surface area contributed by atoms with Crippen LogP contribution < -0.4 is 9.47 Å². The Hall–Kier alpha value is -2.81. The third-order valence-electron chi connectivity index (χ3n) is 5.95. The maximum Gasteiger partial charge on any atom is 0.185 e. The van der Waals surface area contributed by atoms with Crippen LogP contribution in [0.2, 0.25) is 0 Å². The smallest absolute Gasteiger partial charge is 0.185 e. The van der Waals surface area contributed by atoms with Crippen molar-refractivity contribution in [3.8, 4) is 11.5 Å². The fraction of sp³-hybridized carbons (Fsp3) is 0.433. The monoisotopic (exact) mass is 446 g/mol. The molecule has 1 saturated carbocycles. The minimum atomic E-state index is 0.168. The molecule has 0 atom stereocenters. The molecule has 0 radical (unpaired) electrons. The second-order valence-corrected chi connectivity index (χ2v) is 8.77. The summed E-state index contributed by atoms with van der Waals surface area (Å²) in [6.45, 7) is 5.90. The van der Waals surface area contributed by atoms with E-state index in [1.807, 2.05) is 60.7 Å². The zero-order valence-electron chi connectivity index (χ0n) is 20.3. The first kappa shape index (κ1) is 24.8. The Kier molecular flexibility index (Phi) is 10.3. The molecule has 3 heteroatoms. The number of rotatable bonds is 12. The van der Waals surface area contributed by atoms with E-state index < -0.39 is 0 Å². The lowest BCUT2D eigenvalue weighted by molar-refractivity contribution is -0.112. The first-order chi connectivity index (χ1) is 16.2. The first-order valence-electron chi connectivity index (χ1n) is 12.6. The van der Waals surface area contributed by atoms with E-state index in [4.69, 9.17) is 9.47 Å². The molecule has 0 aliphatic heterocycles. The van der Waals surface area contributed by atoms with Crippen LogP contribution in [0.1, 0.15) is 82.8 Å². The first-order valence-corrected chi connectivity index (χ1v) is 12.6. The highest BCUT2D eigenvalue weighted by Crippen LogP contribution is 2.29. The summed E-state index contributed by atoms with van der Waals surface area (Å²) in [5.74, 6) is 1.95. The molecule has 0 bridgehead atoms. The molecule has 1 aliphatic carbocycles. The molecular formula is C30H38O3. The number of allylic oxidation sites excluding steroid dienone is 2. The summed E-state index contributed by atoms with van der Waals surface area (Å²) in [4.78, 5) is 13.1. The predicted octanol–water partition coefficient (Wildman–Crippen LogP) is 8.04. The van der Waals surface area contributed by atoms with Gasteiger partial charge in [0.15, 0.2) is 5.78 Å². The molecule has 1 fully saturated rings. The normalized spacial score (nSPS) is 16.4. The van der Waals surface area contributed by atoms with Gasteiger partial charge in [-0.15, -0.1) is 0 Å². The van der Waals surface area contributed by atoms with Crippen molar-refractivity contribution in [2.45, 2.75) is 71.6 Å². The number of hydrogen-bond donors (Lipinski definition) is 0. The second kappa shape index (κ2) is 13.7. The molecule has 2 aromatic carbocycles. The number of benzene rings is 2. The average molecular weight is 447 g/mol. The van der Waals surface area contributed by atoms with Crippen LogP contribution in [-0.4, -0.2) is 19.0 Å². The zero-order chi connectivity index (χ0) is 23.3. The van der Waals surface area contributed by atoms with Crippen LogP contribution in [0.4, 0.5) is 0 Å². The van der Waals surface area contributed by atoms with Gasteiger partial charge in [0.1, 0.15) is 11.5 Å². The molecule has 0 heterocycles. The van der Waals surface area contributed by atoms with Crippen LogP contribution in [0.3, 0.4) is 0 Å².